The number of aromatic nitrogens is 2. The van der Waals surface area contributed by atoms with E-state index >= 15 is 0 Å². The molecule has 1 N–H and O–H groups in total. The molecule has 1 aromatic rings. The summed E-state index contributed by atoms with van der Waals surface area (Å²) in [5, 5.41) is 3.79. The minimum Gasteiger partial charge on any atom is -0.355 e. The molecule has 1 fully saturated rings. The van der Waals surface area contributed by atoms with E-state index in [-0.39, 0.29) is 23.6 Å². The Kier molecular flexibility index (Phi) is 10.0. The van der Waals surface area contributed by atoms with Gasteiger partial charge in [-0.05, 0) is 13.3 Å². The van der Waals surface area contributed by atoms with Gasteiger partial charge in [0.05, 0.1) is 5.75 Å². The zero-order chi connectivity index (χ0) is 21.2. The first-order valence-corrected chi connectivity index (χ1v) is 11.8. The number of amides is 2. The SMILES string of the molecule is CCCCCCNC(=O)CSc1nc(Cl)cc(N2CCN(C(=O)CC)C(C)C2)n1. The van der Waals surface area contributed by atoms with Crippen LogP contribution in [0.4, 0.5) is 5.82 Å². The number of thioether (sulfide) groups is 1. The summed E-state index contributed by atoms with van der Waals surface area (Å²) in [4.78, 5) is 36.9. The highest BCUT2D eigenvalue weighted by Gasteiger charge is 2.27. The summed E-state index contributed by atoms with van der Waals surface area (Å²) in [5.41, 5.74) is 0. The molecule has 2 rings (SSSR count). The number of anilines is 1. The van der Waals surface area contributed by atoms with Gasteiger partial charge in [0, 0.05) is 44.7 Å². The Bertz CT molecular complexity index is 691. The van der Waals surface area contributed by atoms with Gasteiger partial charge >= 0.3 is 0 Å². The third-order valence-corrected chi connectivity index (χ3v) is 5.96. The van der Waals surface area contributed by atoms with Crippen molar-refractivity contribution < 1.29 is 9.59 Å². The van der Waals surface area contributed by atoms with Crippen LogP contribution in [0.25, 0.3) is 0 Å². The molecule has 9 heteroatoms. The van der Waals surface area contributed by atoms with Gasteiger partial charge in [-0.25, -0.2) is 9.97 Å². The second-order valence-corrected chi connectivity index (χ2v) is 8.60. The first-order valence-electron chi connectivity index (χ1n) is 10.4. The predicted octanol–water partition coefficient (Wildman–Crippen LogP) is 3.37. The van der Waals surface area contributed by atoms with E-state index in [9.17, 15) is 9.59 Å². The van der Waals surface area contributed by atoms with E-state index in [1.54, 1.807) is 6.07 Å². The lowest BCUT2D eigenvalue weighted by atomic mass is 10.1. The van der Waals surface area contributed by atoms with Gasteiger partial charge in [0.15, 0.2) is 5.16 Å². The van der Waals surface area contributed by atoms with Crippen molar-refractivity contribution in [3.63, 3.8) is 0 Å². The quantitative estimate of drug-likeness (QED) is 0.259. The van der Waals surface area contributed by atoms with E-state index in [2.05, 4.69) is 27.1 Å². The van der Waals surface area contributed by atoms with Crippen molar-refractivity contribution in [1.29, 1.82) is 0 Å². The Labute approximate surface area is 183 Å². The second-order valence-electron chi connectivity index (χ2n) is 7.27. The zero-order valence-corrected chi connectivity index (χ0v) is 19.2. The fourth-order valence-corrected chi connectivity index (χ4v) is 4.22. The molecule has 0 aliphatic carbocycles. The average Bonchev–Trinajstić information content (AvgIpc) is 2.71. The number of halogens is 1. The van der Waals surface area contributed by atoms with Crippen molar-refractivity contribution in [3.8, 4) is 0 Å². The average molecular weight is 442 g/mol. The van der Waals surface area contributed by atoms with Crippen LogP contribution in [0.5, 0.6) is 0 Å². The summed E-state index contributed by atoms with van der Waals surface area (Å²) >= 11 is 7.49. The Morgan fingerprint density at radius 1 is 1.24 bits per heavy atom. The highest BCUT2D eigenvalue weighted by Crippen LogP contribution is 2.24. The topological polar surface area (TPSA) is 78.4 Å². The maximum absolute atomic E-state index is 12.0. The first kappa shape index (κ1) is 23.7. The molecule has 1 aromatic heterocycles. The number of carbonyl (C=O) groups is 2. The summed E-state index contributed by atoms with van der Waals surface area (Å²) in [6.07, 6.45) is 5.04. The summed E-state index contributed by atoms with van der Waals surface area (Å²) in [6.45, 7) is 8.87. The Morgan fingerprint density at radius 2 is 2.03 bits per heavy atom. The molecular formula is C20H32ClN5O2S. The molecule has 162 valence electrons. The van der Waals surface area contributed by atoms with Gasteiger partial charge < -0.3 is 15.1 Å². The van der Waals surface area contributed by atoms with Crippen molar-refractivity contribution in [3.05, 3.63) is 11.2 Å². The van der Waals surface area contributed by atoms with Crippen molar-refractivity contribution in [2.75, 3.05) is 36.8 Å². The monoisotopic (exact) mass is 441 g/mol. The Balaban J connectivity index is 1.88. The van der Waals surface area contributed by atoms with Crippen molar-refractivity contribution in [2.45, 2.75) is 64.1 Å². The van der Waals surface area contributed by atoms with Crippen LogP contribution < -0.4 is 10.2 Å². The number of unbranched alkanes of at least 4 members (excludes halogenated alkanes) is 3. The highest BCUT2D eigenvalue weighted by molar-refractivity contribution is 7.99. The van der Waals surface area contributed by atoms with E-state index in [0.717, 1.165) is 18.7 Å². The minimum absolute atomic E-state index is 0.0167. The minimum atomic E-state index is -0.0167. The van der Waals surface area contributed by atoms with Crippen LogP contribution in [0.2, 0.25) is 5.15 Å². The van der Waals surface area contributed by atoms with E-state index in [1.165, 1.54) is 24.6 Å². The van der Waals surface area contributed by atoms with E-state index < -0.39 is 0 Å². The molecule has 0 saturated carbocycles. The standard InChI is InChI=1S/C20H32ClN5O2S/c1-4-6-7-8-9-22-18(27)14-29-20-23-16(21)12-17(24-20)25-10-11-26(15(3)13-25)19(28)5-2/h12,15H,4-11,13-14H2,1-3H3,(H,22,27). The zero-order valence-electron chi connectivity index (χ0n) is 17.6. The smallest absolute Gasteiger partial charge is 0.230 e. The summed E-state index contributed by atoms with van der Waals surface area (Å²) in [7, 11) is 0. The maximum Gasteiger partial charge on any atom is 0.230 e. The lowest BCUT2D eigenvalue weighted by Crippen LogP contribution is -2.54. The normalized spacial score (nSPS) is 16.8. The number of hydrogen-bond acceptors (Lipinski definition) is 6. The fraction of sp³-hybridized carbons (Fsp3) is 0.700. The lowest BCUT2D eigenvalue weighted by molar-refractivity contribution is -0.133. The molecule has 29 heavy (non-hydrogen) atoms. The molecule has 2 heterocycles. The molecule has 0 radical (unpaired) electrons. The summed E-state index contributed by atoms with van der Waals surface area (Å²) in [5.74, 6) is 1.16. The van der Waals surface area contributed by atoms with Crippen molar-refractivity contribution >= 4 is 41.0 Å². The highest BCUT2D eigenvalue weighted by atomic mass is 35.5. The molecule has 0 aromatic carbocycles. The Morgan fingerprint density at radius 3 is 2.72 bits per heavy atom. The molecule has 2 amide bonds. The Hall–Kier alpha value is -1.54. The number of rotatable bonds is 10. The molecule has 1 unspecified atom stereocenters. The number of nitrogens with one attached hydrogen (secondary N) is 1. The van der Waals surface area contributed by atoms with E-state index in [1.807, 2.05) is 18.7 Å². The van der Waals surface area contributed by atoms with Gasteiger partial charge in [0.2, 0.25) is 11.8 Å². The molecule has 0 spiro atoms. The van der Waals surface area contributed by atoms with Gasteiger partial charge in [-0.3, -0.25) is 9.59 Å². The maximum atomic E-state index is 12.0. The molecule has 1 atom stereocenters. The second kappa shape index (κ2) is 12.2. The van der Waals surface area contributed by atoms with Crippen LogP contribution in [0, 0.1) is 0 Å². The molecule has 7 nitrogen and oxygen atoms in total. The van der Waals surface area contributed by atoms with Crippen LogP contribution in [0.15, 0.2) is 11.2 Å². The number of piperazine rings is 1. The number of nitrogens with zero attached hydrogens (tertiary/aromatic N) is 4. The molecule has 1 saturated heterocycles. The van der Waals surface area contributed by atoms with Gasteiger partial charge in [-0.1, -0.05) is 56.5 Å². The van der Waals surface area contributed by atoms with Gasteiger partial charge in [0.1, 0.15) is 11.0 Å². The van der Waals surface area contributed by atoms with Crippen molar-refractivity contribution in [1.82, 2.24) is 20.2 Å². The molecular weight excluding hydrogens is 410 g/mol. The van der Waals surface area contributed by atoms with Crippen LogP contribution >= 0.6 is 23.4 Å². The van der Waals surface area contributed by atoms with Crippen LogP contribution in [-0.2, 0) is 9.59 Å². The number of hydrogen-bond donors (Lipinski definition) is 1. The molecule has 1 aliphatic heterocycles. The van der Waals surface area contributed by atoms with Gasteiger partial charge in [0.25, 0.3) is 0 Å². The summed E-state index contributed by atoms with van der Waals surface area (Å²) < 4.78 is 0. The largest absolute Gasteiger partial charge is 0.355 e. The fourth-order valence-electron chi connectivity index (χ4n) is 3.31. The van der Waals surface area contributed by atoms with Crippen LogP contribution in [0.3, 0.4) is 0 Å². The number of carbonyl (C=O) groups excluding carboxylic acids is 2. The third-order valence-electron chi connectivity index (χ3n) is 4.92. The van der Waals surface area contributed by atoms with Crippen molar-refractivity contribution in [2.24, 2.45) is 0 Å². The van der Waals surface area contributed by atoms with E-state index in [0.29, 0.717) is 42.9 Å². The van der Waals surface area contributed by atoms with Crippen LogP contribution in [0.1, 0.15) is 52.9 Å². The van der Waals surface area contributed by atoms with Gasteiger partial charge in [-0.15, -0.1) is 0 Å². The van der Waals surface area contributed by atoms with Crippen LogP contribution in [-0.4, -0.2) is 64.7 Å². The lowest BCUT2D eigenvalue weighted by Gasteiger charge is -2.40. The van der Waals surface area contributed by atoms with E-state index in [4.69, 9.17) is 11.6 Å². The predicted molar refractivity (Wildman–Crippen MR) is 119 cm³/mol. The first-order chi connectivity index (χ1) is 13.9. The molecule has 0 bridgehead atoms. The van der Waals surface area contributed by atoms with Gasteiger partial charge in [-0.2, -0.15) is 0 Å². The summed E-state index contributed by atoms with van der Waals surface area (Å²) in [6, 6.07) is 1.85. The third kappa shape index (κ3) is 7.66. The molecule has 1 aliphatic rings.